The molecule has 0 spiro atoms. The molecule has 0 radical (unpaired) electrons. The second-order valence-electron chi connectivity index (χ2n) is 6.71. The number of benzene rings is 3. The maximum atomic E-state index is 14.6. The van der Waals surface area contributed by atoms with Crippen LogP contribution in [0.4, 0.5) is 18.9 Å². The minimum absolute atomic E-state index is 0.00918. The van der Waals surface area contributed by atoms with Gasteiger partial charge in [0.2, 0.25) is 0 Å². The molecule has 31 heavy (non-hydrogen) atoms. The van der Waals surface area contributed by atoms with Crippen LogP contribution in [0.15, 0.2) is 47.4 Å². The Morgan fingerprint density at radius 2 is 1.71 bits per heavy atom. The fourth-order valence-electron chi connectivity index (χ4n) is 3.17. The molecule has 0 fully saturated rings. The van der Waals surface area contributed by atoms with Gasteiger partial charge in [-0.3, -0.25) is 9.52 Å². The number of anilines is 1. The van der Waals surface area contributed by atoms with Gasteiger partial charge in [0.15, 0.2) is 5.75 Å². The molecule has 0 aliphatic carbocycles. The number of carbonyl (C=O) groups is 1. The number of halogens is 4. The highest BCUT2D eigenvalue weighted by Gasteiger charge is 2.26. The monoisotopic (exact) mass is 468 g/mol. The van der Waals surface area contributed by atoms with Crippen molar-refractivity contribution >= 4 is 33.2 Å². The van der Waals surface area contributed by atoms with Crippen LogP contribution >= 0.6 is 11.6 Å². The number of fused-ring (bicyclic) bond motifs is 6. The van der Waals surface area contributed by atoms with Crippen molar-refractivity contribution in [3.8, 4) is 16.9 Å². The molecule has 160 valence electrons. The highest BCUT2D eigenvalue weighted by Crippen LogP contribution is 2.36. The van der Waals surface area contributed by atoms with Gasteiger partial charge in [-0.1, -0.05) is 17.7 Å². The van der Waals surface area contributed by atoms with E-state index in [1.54, 1.807) is 0 Å². The number of aromatic hydroxyl groups is 1. The van der Waals surface area contributed by atoms with Crippen LogP contribution in [0, 0.1) is 17.5 Å². The second-order valence-corrected chi connectivity index (χ2v) is 8.76. The van der Waals surface area contributed by atoms with E-state index < -0.39 is 54.7 Å². The smallest absolute Gasteiger partial charge is 0.265 e. The SMILES string of the molecule is O=C1NCc2ccc(F)cc2-c2cc(c(F)cc2F)NS(=O)(=O)c2cc1cc(Cl)c2O. The third kappa shape index (κ3) is 3.79. The van der Waals surface area contributed by atoms with Crippen molar-refractivity contribution in [2.75, 3.05) is 4.72 Å². The third-order valence-electron chi connectivity index (χ3n) is 4.68. The Kier molecular flexibility index (Phi) is 5.06. The van der Waals surface area contributed by atoms with Gasteiger partial charge >= 0.3 is 0 Å². The molecule has 0 saturated heterocycles. The lowest BCUT2D eigenvalue weighted by molar-refractivity contribution is 0.0950. The van der Waals surface area contributed by atoms with E-state index in [4.69, 9.17) is 11.6 Å². The van der Waals surface area contributed by atoms with Crippen molar-refractivity contribution in [3.05, 3.63) is 76.1 Å². The Morgan fingerprint density at radius 1 is 0.968 bits per heavy atom. The zero-order chi connectivity index (χ0) is 22.5. The Labute approximate surface area is 179 Å². The molecule has 1 heterocycles. The number of nitrogens with one attached hydrogen (secondary N) is 2. The molecule has 6 nitrogen and oxygen atoms in total. The van der Waals surface area contributed by atoms with Crippen LogP contribution in [0.2, 0.25) is 5.02 Å². The lowest BCUT2D eigenvalue weighted by atomic mass is 9.98. The van der Waals surface area contributed by atoms with E-state index in [0.29, 0.717) is 11.6 Å². The maximum Gasteiger partial charge on any atom is 0.265 e. The van der Waals surface area contributed by atoms with Crippen molar-refractivity contribution in [2.45, 2.75) is 11.4 Å². The van der Waals surface area contributed by atoms with Gasteiger partial charge in [-0.05, 0) is 41.5 Å². The fourth-order valence-corrected chi connectivity index (χ4v) is 4.65. The molecule has 4 rings (SSSR count). The topological polar surface area (TPSA) is 95.5 Å². The molecule has 1 amide bonds. The summed E-state index contributed by atoms with van der Waals surface area (Å²) in [5, 5.41) is 12.2. The van der Waals surface area contributed by atoms with E-state index in [-0.39, 0.29) is 23.2 Å². The van der Waals surface area contributed by atoms with Gasteiger partial charge in [0, 0.05) is 23.7 Å². The van der Waals surface area contributed by atoms with E-state index in [1.807, 2.05) is 4.72 Å². The van der Waals surface area contributed by atoms with Crippen molar-refractivity contribution < 1.29 is 31.5 Å². The van der Waals surface area contributed by atoms with Crippen LogP contribution in [0.5, 0.6) is 5.75 Å². The highest BCUT2D eigenvalue weighted by molar-refractivity contribution is 7.92. The molecular weight excluding hydrogens is 457 g/mol. The van der Waals surface area contributed by atoms with Crippen LogP contribution in [0.25, 0.3) is 11.1 Å². The first-order chi connectivity index (χ1) is 14.6. The average molecular weight is 469 g/mol. The summed E-state index contributed by atoms with van der Waals surface area (Å²) in [7, 11) is -4.66. The normalized spacial score (nSPS) is 14.9. The van der Waals surface area contributed by atoms with Crippen LogP contribution in [0.1, 0.15) is 15.9 Å². The highest BCUT2D eigenvalue weighted by atomic mass is 35.5. The van der Waals surface area contributed by atoms with Crippen molar-refractivity contribution in [1.82, 2.24) is 5.32 Å². The Balaban J connectivity index is 2.02. The Morgan fingerprint density at radius 3 is 2.45 bits per heavy atom. The molecule has 1 aliphatic rings. The molecule has 3 aromatic carbocycles. The number of carbonyl (C=O) groups excluding carboxylic acids is 1. The number of rotatable bonds is 0. The summed E-state index contributed by atoms with van der Waals surface area (Å²) < 4.78 is 70.4. The first-order valence-corrected chi connectivity index (χ1v) is 10.5. The van der Waals surface area contributed by atoms with Gasteiger partial charge < -0.3 is 10.4 Å². The van der Waals surface area contributed by atoms with Gasteiger partial charge in [0.1, 0.15) is 22.3 Å². The minimum atomic E-state index is -4.66. The zero-order valence-corrected chi connectivity index (χ0v) is 16.9. The number of phenolic OH excluding ortho intramolecular Hbond substituents is 1. The molecule has 1 aliphatic heterocycles. The Hall–Kier alpha value is -3.24. The molecular formula is C20H12ClF3N2O4S. The lowest BCUT2D eigenvalue weighted by Gasteiger charge is -2.14. The van der Waals surface area contributed by atoms with Crippen LogP contribution in [-0.2, 0) is 16.6 Å². The third-order valence-corrected chi connectivity index (χ3v) is 6.35. The first kappa shape index (κ1) is 21.0. The molecule has 3 N–H and O–H groups in total. The predicted molar refractivity (Wildman–Crippen MR) is 107 cm³/mol. The number of hydrogen-bond acceptors (Lipinski definition) is 4. The molecule has 3 aromatic rings. The van der Waals surface area contributed by atoms with Crippen molar-refractivity contribution in [2.24, 2.45) is 0 Å². The zero-order valence-electron chi connectivity index (χ0n) is 15.3. The quantitative estimate of drug-likeness (QED) is 0.461. The summed E-state index contributed by atoms with van der Waals surface area (Å²) in [5.74, 6) is -4.64. The molecule has 0 atom stereocenters. The van der Waals surface area contributed by atoms with Gasteiger partial charge in [0.25, 0.3) is 15.9 Å². The number of phenols is 1. The van der Waals surface area contributed by atoms with E-state index in [2.05, 4.69) is 5.32 Å². The summed E-state index contributed by atoms with van der Waals surface area (Å²) in [4.78, 5) is 11.8. The fraction of sp³-hybridized carbons (Fsp3) is 0.0500. The van der Waals surface area contributed by atoms with E-state index in [0.717, 1.165) is 30.3 Å². The van der Waals surface area contributed by atoms with Crippen molar-refractivity contribution in [1.29, 1.82) is 0 Å². The molecule has 11 heteroatoms. The predicted octanol–water partition coefficient (Wildman–Crippen LogP) is 4.17. The van der Waals surface area contributed by atoms with E-state index >= 15 is 0 Å². The summed E-state index contributed by atoms with van der Waals surface area (Å²) in [6.07, 6.45) is 0. The van der Waals surface area contributed by atoms with Gasteiger partial charge in [-0.2, -0.15) is 0 Å². The summed E-state index contributed by atoms with van der Waals surface area (Å²) in [5.41, 5.74) is -0.866. The standard InChI is InChI=1S/C20H12ClF3N2O4S/c21-14-3-10-4-18(19(14)27)31(29,30)26-17-6-13(15(23)7-16(17)24)12-5-11(22)2-1-9(12)8-25-20(10)28/h1-7,26-27H,8H2,(H,25,28). The number of hydrogen-bond donors (Lipinski definition) is 3. The molecule has 0 unspecified atom stereocenters. The van der Waals surface area contributed by atoms with Crippen molar-refractivity contribution in [3.63, 3.8) is 0 Å². The van der Waals surface area contributed by atoms with Crippen LogP contribution in [0.3, 0.4) is 0 Å². The van der Waals surface area contributed by atoms with Crippen LogP contribution < -0.4 is 10.0 Å². The molecule has 4 bridgehead atoms. The van der Waals surface area contributed by atoms with Crippen LogP contribution in [-0.4, -0.2) is 19.4 Å². The maximum absolute atomic E-state index is 14.6. The minimum Gasteiger partial charge on any atom is -0.505 e. The van der Waals surface area contributed by atoms with E-state index in [9.17, 15) is 31.5 Å². The number of amides is 1. The lowest BCUT2D eigenvalue weighted by Crippen LogP contribution is -2.23. The van der Waals surface area contributed by atoms with Gasteiger partial charge in [-0.15, -0.1) is 0 Å². The average Bonchev–Trinajstić information content (AvgIpc) is 2.70. The first-order valence-electron chi connectivity index (χ1n) is 8.68. The van der Waals surface area contributed by atoms with Gasteiger partial charge in [0.05, 0.1) is 10.7 Å². The summed E-state index contributed by atoms with van der Waals surface area (Å²) >= 11 is 5.88. The van der Waals surface area contributed by atoms with Gasteiger partial charge in [-0.25, -0.2) is 21.6 Å². The number of sulfonamides is 1. The Bertz CT molecular complexity index is 1360. The van der Waals surface area contributed by atoms with E-state index in [1.165, 1.54) is 6.07 Å². The second kappa shape index (κ2) is 7.47. The summed E-state index contributed by atoms with van der Waals surface area (Å²) in [6, 6.07) is 6.63. The summed E-state index contributed by atoms with van der Waals surface area (Å²) in [6.45, 7) is -0.186. The largest absolute Gasteiger partial charge is 0.505 e. The molecule has 0 saturated carbocycles. The molecule has 0 aromatic heterocycles.